The summed E-state index contributed by atoms with van der Waals surface area (Å²) in [4.78, 5) is 0. The minimum absolute atomic E-state index is 0.492. The molecule has 76 valence electrons. The lowest BCUT2D eigenvalue weighted by atomic mass is 10.2. The Morgan fingerprint density at radius 1 is 0.800 bits per heavy atom. The van der Waals surface area contributed by atoms with Crippen LogP contribution in [0.2, 0.25) is 0 Å². The van der Waals surface area contributed by atoms with Crippen LogP contribution in [0, 0.1) is 6.92 Å². The summed E-state index contributed by atoms with van der Waals surface area (Å²) in [6, 6.07) is 14.9. The fraction of sp³-hybridized carbons (Fsp3) is 0.0769. The highest BCUT2D eigenvalue weighted by atomic mass is 16.5. The molecule has 0 radical (unpaired) electrons. The highest BCUT2D eigenvalue weighted by molar-refractivity contribution is 5.46. The van der Waals surface area contributed by atoms with Crippen LogP contribution in [0.4, 0.5) is 5.69 Å². The van der Waals surface area contributed by atoms with Crippen molar-refractivity contribution in [3.63, 3.8) is 0 Å². The van der Waals surface area contributed by atoms with E-state index in [0.717, 1.165) is 11.5 Å². The standard InChI is InChI=1S/C13H12NO/c1-10-2-6-12(7-3-10)15-13-8-4-11(14)5-9-13/h2-9,14H,1H3/q-1. The van der Waals surface area contributed by atoms with E-state index in [4.69, 9.17) is 10.5 Å². The largest absolute Gasteiger partial charge is 0.699 e. The van der Waals surface area contributed by atoms with Crippen molar-refractivity contribution in [2.45, 2.75) is 6.92 Å². The van der Waals surface area contributed by atoms with Crippen LogP contribution in [0.3, 0.4) is 0 Å². The number of benzene rings is 2. The van der Waals surface area contributed by atoms with Gasteiger partial charge < -0.3 is 10.5 Å². The van der Waals surface area contributed by atoms with Crippen molar-refractivity contribution in [3.8, 4) is 11.5 Å². The van der Waals surface area contributed by atoms with E-state index in [-0.39, 0.29) is 0 Å². The molecule has 0 unspecified atom stereocenters. The molecule has 2 aromatic rings. The van der Waals surface area contributed by atoms with Gasteiger partial charge in [0.15, 0.2) is 0 Å². The molecule has 0 aliphatic carbocycles. The topological polar surface area (TPSA) is 33.0 Å². The molecule has 2 nitrogen and oxygen atoms in total. The van der Waals surface area contributed by atoms with Crippen LogP contribution in [0.1, 0.15) is 5.56 Å². The summed E-state index contributed by atoms with van der Waals surface area (Å²) in [6.07, 6.45) is 0. The van der Waals surface area contributed by atoms with Gasteiger partial charge in [-0.3, -0.25) is 0 Å². The number of nitrogens with one attached hydrogen (secondary N) is 1. The number of hydrogen-bond acceptors (Lipinski definition) is 1. The maximum absolute atomic E-state index is 7.34. The first kappa shape index (κ1) is 9.59. The van der Waals surface area contributed by atoms with Gasteiger partial charge in [-0.05, 0) is 31.2 Å². The lowest BCUT2D eigenvalue weighted by Gasteiger charge is -2.07. The summed E-state index contributed by atoms with van der Waals surface area (Å²) in [5.41, 5.74) is 9.05. The molecule has 0 atom stereocenters. The lowest BCUT2D eigenvalue weighted by Crippen LogP contribution is -1.83. The molecule has 0 amide bonds. The fourth-order valence-corrected chi connectivity index (χ4v) is 1.27. The molecule has 0 aromatic heterocycles. The third-order valence-corrected chi connectivity index (χ3v) is 2.11. The van der Waals surface area contributed by atoms with Crippen LogP contribution in [-0.4, -0.2) is 0 Å². The monoisotopic (exact) mass is 198 g/mol. The second-order valence-corrected chi connectivity index (χ2v) is 3.44. The molecule has 0 bridgehead atoms. The Morgan fingerprint density at radius 3 is 1.80 bits per heavy atom. The first-order chi connectivity index (χ1) is 7.24. The van der Waals surface area contributed by atoms with Gasteiger partial charge in [-0.25, -0.2) is 0 Å². The van der Waals surface area contributed by atoms with Gasteiger partial charge in [-0.15, -0.1) is 5.69 Å². The molecule has 1 N–H and O–H groups in total. The summed E-state index contributed by atoms with van der Waals surface area (Å²) >= 11 is 0. The van der Waals surface area contributed by atoms with E-state index in [9.17, 15) is 0 Å². The maximum Gasteiger partial charge on any atom is 0.127 e. The van der Waals surface area contributed by atoms with Crippen molar-refractivity contribution < 1.29 is 4.74 Å². The summed E-state index contributed by atoms with van der Waals surface area (Å²) < 4.78 is 5.60. The van der Waals surface area contributed by atoms with Gasteiger partial charge in [-0.2, -0.15) is 0 Å². The molecule has 0 aliphatic heterocycles. The van der Waals surface area contributed by atoms with Crippen molar-refractivity contribution in [2.75, 3.05) is 0 Å². The molecular weight excluding hydrogens is 186 g/mol. The van der Waals surface area contributed by atoms with Crippen LogP contribution in [0.5, 0.6) is 11.5 Å². The van der Waals surface area contributed by atoms with Crippen LogP contribution < -0.4 is 4.74 Å². The minimum Gasteiger partial charge on any atom is -0.699 e. The maximum atomic E-state index is 7.34. The van der Waals surface area contributed by atoms with E-state index in [0.29, 0.717) is 5.69 Å². The smallest absolute Gasteiger partial charge is 0.127 e. The molecule has 0 saturated heterocycles. The molecule has 0 aliphatic rings. The molecule has 2 rings (SSSR count). The molecule has 2 aromatic carbocycles. The predicted molar refractivity (Wildman–Crippen MR) is 61.7 cm³/mol. The van der Waals surface area contributed by atoms with Gasteiger partial charge in [0.1, 0.15) is 11.5 Å². The SMILES string of the molecule is Cc1ccc(Oc2ccc([NH-])cc2)cc1. The minimum atomic E-state index is 0.492. The third kappa shape index (κ3) is 2.50. The normalized spacial score (nSPS) is 9.93. The average Bonchev–Trinajstić information content (AvgIpc) is 2.25. The van der Waals surface area contributed by atoms with Crippen molar-refractivity contribution in [1.82, 2.24) is 0 Å². The van der Waals surface area contributed by atoms with Gasteiger partial charge in [0, 0.05) is 0 Å². The molecule has 15 heavy (non-hydrogen) atoms. The second kappa shape index (κ2) is 4.05. The van der Waals surface area contributed by atoms with Gasteiger partial charge in [0.25, 0.3) is 0 Å². The van der Waals surface area contributed by atoms with E-state index in [1.54, 1.807) is 24.3 Å². The van der Waals surface area contributed by atoms with E-state index >= 15 is 0 Å². The predicted octanol–water partition coefficient (Wildman–Crippen LogP) is 4.47. The van der Waals surface area contributed by atoms with Crippen LogP contribution in [0.15, 0.2) is 48.5 Å². The molecule has 0 fully saturated rings. The summed E-state index contributed by atoms with van der Waals surface area (Å²) in [7, 11) is 0. The van der Waals surface area contributed by atoms with Crippen LogP contribution in [-0.2, 0) is 0 Å². The molecule has 0 saturated carbocycles. The number of rotatable bonds is 2. The van der Waals surface area contributed by atoms with Gasteiger partial charge in [-0.1, -0.05) is 29.8 Å². The summed E-state index contributed by atoms with van der Waals surface area (Å²) in [5.74, 6) is 1.58. The molecule has 0 spiro atoms. The first-order valence-electron chi connectivity index (χ1n) is 4.80. The van der Waals surface area contributed by atoms with Crippen molar-refractivity contribution in [2.24, 2.45) is 0 Å². The van der Waals surface area contributed by atoms with Gasteiger partial charge in [0.05, 0.1) is 0 Å². The number of aryl methyl sites for hydroxylation is 1. The molecular formula is C13H12NO-. The average molecular weight is 198 g/mol. The summed E-state index contributed by atoms with van der Waals surface area (Å²) in [5, 5.41) is 0. The van der Waals surface area contributed by atoms with Crippen molar-refractivity contribution >= 4 is 5.69 Å². The Morgan fingerprint density at radius 2 is 1.27 bits per heavy atom. The molecule has 2 heteroatoms. The zero-order valence-electron chi connectivity index (χ0n) is 8.53. The highest BCUT2D eigenvalue weighted by Crippen LogP contribution is 2.23. The lowest BCUT2D eigenvalue weighted by molar-refractivity contribution is 0.482. The number of ether oxygens (including phenoxy) is 1. The quantitative estimate of drug-likeness (QED) is 0.700. The Bertz CT molecular complexity index is 388. The number of hydrogen-bond donors (Lipinski definition) is 0. The van der Waals surface area contributed by atoms with Crippen molar-refractivity contribution in [1.29, 1.82) is 0 Å². The van der Waals surface area contributed by atoms with Gasteiger partial charge in [0.2, 0.25) is 0 Å². The van der Waals surface area contributed by atoms with E-state index in [1.165, 1.54) is 5.56 Å². The Labute approximate surface area is 89.3 Å². The second-order valence-electron chi connectivity index (χ2n) is 3.44. The fourth-order valence-electron chi connectivity index (χ4n) is 1.27. The van der Waals surface area contributed by atoms with E-state index < -0.39 is 0 Å². The summed E-state index contributed by atoms with van der Waals surface area (Å²) in [6.45, 7) is 2.04. The van der Waals surface area contributed by atoms with Gasteiger partial charge >= 0.3 is 0 Å². The first-order valence-corrected chi connectivity index (χ1v) is 4.80. The zero-order chi connectivity index (χ0) is 10.7. The van der Waals surface area contributed by atoms with Crippen LogP contribution in [0.25, 0.3) is 5.73 Å². The van der Waals surface area contributed by atoms with Crippen molar-refractivity contribution in [3.05, 3.63) is 59.8 Å². The van der Waals surface area contributed by atoms with E-state index in [2.05, 4.69) is 0 Å². The molecule has 0 heterocycles. The zero-order valence-corrected chi connectivity index (χ0v) is 8.53. The van der Waals surface area contributed by atoms with E-state index in [1.807, 2.05) is 31.2 Å². The Kier molecular flexibility index (Phi) is 2.59. The van der Waals surface area contributed by atoms with Crippen LogP contribution >= 0.6 is 0 Å². The third-order valence-electron chi connectivity index (χ3n) is 2.11. The highest BCUT2D eigenvalue weighted by Gasteiger charge is 1.94. The Balaban J connectivity index is 2.15. The Hall–Kier alpha value is -1.96.